The van der Waals surface area contributed by atoms with Crippen LogP contribution in [0.15, 0.2) is 29.3 Å². The lowest BCUT2D eigenvalue weighted by molar-refractivity contribution is 0.180. The molecule has 0 unspecified atom stereocenters. The lowest BCUT2D eigenvalue weighted by Gasteiger charge is -2.18. The number of ether oxygens (including phenoxy) is 1. The van der Waals surface area contributed by atoms with E-state index in [0.29, 0.717) is 6.54 Å². The van der Waals surface area contributed by atoms with Gasteiger partial charge in [0.2, 0.25) is 0 Å². The van der Waals surface area contributed by atoms with Crippen molar-refractivity contribution in [2.75, 3.05) is 47.4 Å². The van der Waals surface area contributed by atoms with Gasteiger partial charge >= 0.3 is 0 Å². The van der Waals surface area contributed by atoms with E-state index in [1.165, 1.54) is 0 Å². The Labute approximate surface area is 161 Å². The lowest BCUT2D eigenvalue weighted by atomic mass is 10.2. The monoisotopic (exact) mass is 454 g/mol. The third-order valence-electron chi connectivity index (χ3n) is 3.25. The van der Waals surface area contributed by atoms with Crippen LogP contribution in [0.4, 0.5) is 0 Å². The van der Waals surface area contributed by atoms with Gasteiger partial charge in [-0.15, -0.1) is 24.0 Å². The minimum Gasteiger partial charge on any atom is -0.385 e. The third kappa shape index (κ3) is 10.8. The molecular formula is C16H28ClIN4O. The van der Waals surface area contributed by atoms with E-state index in [0.717, 1.165) is 49.2 Å². The Hall–Kier alpha value is -0.570. The van der Waals surface area contributed by atoms with Crippen molar-refractivity contribution in [3.05, 3.63) is 34.9 Å². The highest BCUT2D eigenvalue weighted by Gasteiger charge is 2.01. The van der Waals surface area contributed by atoms with Crippen LogP contribution in [0.1, 0.15) is 12.0 Å². The van der Waals surface area contributed by atoms with E-state index in [2.05, 4.69) is 27.6 Å². The zero-order valence-corrected chi connectivity index (χ0v) is 17.2. The molecule has 2 N–H and O–H groups in total. The molecule has 0 aliphatic heterocycles. The van der Waals surface area contributed by atoms with Crippen LogP contribution in [0.2, 0.25) is 5.02 Å². The average molecular weight is 455 g/mol. The van der Waals surface area contributed by atoms with E-state index in [9.17, 15) is 0 Å². The summed E-state index contributed by atoms with van der Waals surface area (Å²) in [6, 6.07) is 7.81. The number of likely N-dealkylation sites (N-methyl/N-ethyl adjacent to an activating group) is 1. The molecule has 0 radical (unpaired) electrons. The van der Waals surface area contributed by atoms with Gasteiger partial charge < -0.3 is 20.3 Å². The molecule has 1 aromatic carbocycles. The molecule has 0 aromatic heterocycles. The molecule has 0 amide bonds. The number of halogens is 2. The van der Waals surface area contributed by atoms with Crippen molar-refractivity contribution in [2.45, 2.75) is 13.0 Å². The fraction of sp³-hybridized carbons (Fsp3) is 0.562. The van der Waals surface area contributed by atoms with Crippen LogP contribution in [-0.4, -0.2) is 58.3 Å². The molecule has 0 atom stereocenters. The second-order valence-electron chi connectivity index (χ2n) is 5.13. The summed E-state index contributed by atoms with van der Waals surface area (Å²) in [5.41, 5.74) is 1.13. The van der Waals surface area contributed by atoms with Gasteiger partial charge in [-0.25, -0.2) is 0 Å². The van der Waals surface area contributed by atoms with Gasteiger partial charge in [-0.1, -0.05) is 23.7 Å². The predicted octanol–water partition coefficient (Wildman–Crippen LogP) is 2.59. The van der Waals surface area contributed by atoms with Crippen LogP contribution in [0.25, 0.3) is 0 Å². The number of nitrogens with one attached hydrogen (secondary N) is 2. The summed E-state index contributed by atoms with van der Waals surface area (Å²) in [7, 11) is 5.62. The van der Waals surface area contributed by atoms with Gasteiger partial charge in [-0.2, -0.15) is 0 Å². The maximum absolute atomic E-state index is 5.98. The Balaban J connectivity index is 0.00000484. The first-order chi connectivity index (χ1) is 10.7. The Kier molecular flexibility index (Phi) is 13.5. The van der Waals surface area contributed by atoms with Gasteiger partial charge in [0, 0.05) is 52.0 Å². The molecule has 0 aliphatic rings. The molecule has 0 spiro atoms. The van der Waals surface area contributed by atoms with Gasteiger partial charge in [0.05, 0.1) is 0 Å². The van der Waals surface area contributed by atoms with Crippen molar-refractivity contribution in [2.24, 2.45) is 4.99 Å². The van der Waals surface area contributed by atoms with Gasteiger partial charge in [0.1, 0.15) is 0 Å². The Morgan fingerprint density at radius 1 is 1.30 bits per heavy atom. The van der Waals surface area contributed by atoms with Crippen molar-refractivity contribution in [1.29, 1.82) is 0 Å². The molecule has 1 aromatic rings. The summed E-state index contributed by atoms with van der Waals surface area (Å²) < 4.78 is 5.05. The molecule has 23 heavy (non-hydrogen) atoms. The van der Waals surface area contributed by atoms with E-state index in [4.69, 9.17) is 16.3 Å². The number of aliphatic imine (C=N–C) groups is 1. The smallest absolute Gasteiger partial charge is 0.191 e. The summed E-state index contributed by atoms with van der Waals surface area (Å²) in [4.78, 5) is 6.49. The quantitative estimate of drug-likeness (QED) is 0.261. The molecule has 0 saturated heterocycles. The van der Waals surface area contributed by atoms with E-state index < -0.39 is 0 Å². The topological polar surface area (TPSA) is 48.9 Å². The highest BCUT2D eigenvalue weighted by Crippen LogP contribution is 2.10. The summed E-state index contributed by atoms with van der Waals surface area (Å²) in [5.74, 6) is 0.797. The van der Waals surface area contributed by atoms with Crippen molar-refractivity contribution in [3.63, 3.8) is 0 Å². The first kappa shape index (κ1) is 22.4. The number of hydrogen-bond donors (Lipinski definition) is 2. The van der Waals surface area contributed by atoms with Crippen molar-refractivity contribution < 1.29 is 4.74 Å². The zero-order chi connectivity index (χ0) is 16.2. The summed E-state index contributed by atoms with van der Waals surface area (Å²) >= 11 is 5.98. The molecule has 0 saturated carbocycles. The van der Waals surface area contributed by atoms with Gasteiger partial charge in [-0.3, -0.25) is 4.99 Å². The highest BCUT2D eigenvalue weighted by molar-refractivity contribution is 14.0. The normalized spacial score (nSPS) is 11.3. The van der Waals surface area contributed by atoms with E-state index in [1.54, 1.807) is 14.2 Å². The van der Waals surface area contributed by atoms with E-state index >= 15 is 0 Å². The minimum absolute atomic E-state index is 0. The standard InChI is InChI=1S/C16H27ClN4O.HI/c1-18-16(19-8-10-21(2)9-5-11-22-3)20-13-14-6-4-7-15(17)12-14;/h4,6-7,12H,5,8-11,13H2,1-3H3,(H2,18,19,20);1H. The first-order valence-corrected chi connectivity index (χ1v) is 7.90. The average Bonchev–Trinajstić information content (AvgIpc) is 2.51. The molecule has 0 fully saturated rings. The molecular weight excluding hydrogens is 427 g/mol. The summed E-state index contributed by atoms with van der Waals surface area (Å²) in [6.45, 7) is 4.34. The number of nitrogens with zero attached hydrogens (tertiary/aromatic N) is 2. The van der Waals surface area contributed by atoms with Crippen LogP contribution >= 0.6 is 35.6 Å². The fourth-order valence-corrected chi connectivity index (χ4v) is 2.22. The number of hydrogen-bond acceptors (Lipinski definition) is 3. The zero-order valence-electron chi connectivity index (χ0n) is 14.1. The second kappa shape index (κ2) is 13.8. The van der Waals surface area contributed by atoms with Crippen LogP contribution in [-0.2, 0) is 11.3 Å². The SMILES string of the molecule is CN=C(NCCN(C)CCCOC)NCc1cccc(Cl)c1.I. The third-order valence-corrected chi connectivity index (χ3v) is 3.48. The fourth-order valence-electron chi connectivity index (χ4n) is 2.01. The van der Waals surface area contributed by atoms with Crippen molar-refractivity contribution in [3.8, 4) is 0 Å². The van der Waals surface area contributed by atoms with E-state index in [1.807, 2.05) is 24.3 Å². The number of guanidine groups is 1. The Bertz CT molecular complexity index is 459. The maximum atomic E-state index is 5.98. The highest BCUT2D eigenvalue weighted by atomic mass is 127. The number of rotatable bonds is 9. The molecule has 132 valence electrons. The van der Waals surface area contributed by atoms with Crippen LogP contribution in [0.5, 0.6) is 0 Å². The number of benzene rings is 1. The number of methoxy groups -OCH3 is 1. The molecule has 0 bridgehead atoms. The van der Waals surface area contributed by atoms with Crippen LogP contribution < -0.4 is 10.6 Å². The van der Waals surface area contributed by atoms with Gasteiger partial charge in [0.25, 0.3) is 0 Å². The summed E-state index contributed by atoms with van der Waals surface area (Å²) in [6.07, 6.45) is 1.05. The molecule has 0 heterocycles. The van der Waals surface area contributed by atoms with Crippen LogP contribution in [0, 0.1) is 0 Å². The maximum Gasteiger partial charge on any atom is 0.191 e. The molecule has 7 heteroatoms. The molecule has 0 aliphatic carbocycles. The van der Waals surface area contributed by atoms with Crippen molar-refractivity contribution in [1.82, 2.24) is 15.5 Å². The van der Waals surface area contributed by atoms with Gasteiger partial charge in [-0.05, 0) is 31.2 Å². The largest absolute Gasteiger partial charge is 0.385 e. The first-order valence-electron chi connectivity index (χ1n) is 7.52. The summed E-state index contributed by atoms with van der Waals surface area (Å²) in [5, 5.41) is 7.34. The van der Waals surface area contributed by atoms with Gasteiger partial charge in [0.15, 0.2) is 5.96 Å². The molecule has 5 nitrogen and oxygen atoms in total. The Morgan fingerprint density at radius 3 is 2.74 bits per heavy atom. The Morgan fingerprint density at radius 2 is 2.09 bits per heavy atom. The van der Waals surface area contributed by atoms with E-state index in [-0.39, 0.29) is 24.0 Å². The lowest BCUT2D eigenvalue weighted by Crippen LogP contribution is -2.40. The van der Waals surface area contributed by atoms with Crippen LogP contribution in [0.3, 0.4) is 0 Å². The second-order valence-corrected chi connectivity index (χ2v) is 5.57. The molecule has 1 rings (SSSR count). The minimum atomic E-state index is 0. The predicted molar refractivity (Wildman–Crippen MR) is 109 cm³/mol. The van der Waals surface area contributed by atoms with Crippen molar-refractivity contribution >= 4 is 41.5 Å².